The van der Waals surface area contributed by atoms with Crippen molar-refractivity contribution in [3.05, 3.63) is 77.4 Å². The Morgan fingerprint density at radius 3 is 0.911 bits per heavy atom. The molecule has 313 valence electrons. The van der Waals surface area contributed by atoms with Gasteiger partial charge in [0.15, 0.2) is 0 Å². The molecule has 0 aromatic heterocycles. The van der Waals surface area contributed by atoms with Crippen molar-refractivity contribution >= 4 is 25.5 Å². The van der Waals surface area contributed by atoms with Crippen molar-refractivity contribution < 1.29 is 42.7 Å². The van der Waals surface area contributed by atoms with E-state index >= 15 is 0 Å². The second kappa shape index (κ2) is 25.8. The van der Waals surface area contributed by atoms with Crippen LogP contribution in [0.25, 0.3) is 5.57 Å². The molecule has 9 rings (SSSR count). The first-order chi connectivity index (χ1) is 26.8. The fraction of sp³-hybridized carbons (Fsp3) is 0.706. The molecule has 0 amide bonds. The summed E-state index contributed by atoms with van der Waals surface area (Å²) in [5, 5.41) is 0. The second-order valence-corrected chi connectivity index (χ2v) is 25.6. The van der Waals surface area contributed by atoms with Gasteiger partial charge in [-0.1, -0.05) is 131 Å². The van der Waals surface area contributed by atoms with Crippen molar-refractivity contribution in [3.8, 4) is 0 Å². The van der Waals surface area contributed by atoms with Gasteiger partial charge in [-0.15, -0.1) is 0 Å². The van der Waals surface area contributed by atoms with Crippen LogP contribution >= 0.6 is 15.8 Å². The molecular weight excluding hydrogens is 846 g/mol. The van der Waals surface area contributed by atoms with Gasteiger partial charge in [-0.3, -0.25) is 0 Å². The molecule has 2 aromatic carbocycles. The number of allylic oxidation sites excluding steroid dienone is 1. The van der Waals surface area contributed by atoms with Crippen LogP contribution in [0.3, 0.4) is 0 Å². The van der Waals surface area contributed by atoms with Crippen LogP contribution in [0, 0.1) is 0 Å². The molecule has 5 heteroatoms. The maximum absolute atomic E-state index is 2.71. The molecule has 0 unspecified atom stereocenters. The van der Waals surface area contributed by atoms with Gasteiger partial charge in [-0.2, -0.15) is 0 Å². The molecule has 7 aliphatic rings. The van der Waals surface area contributed by atoms with Gasteiger partial charge in [0.25, 0.3) is 0 Å². The number of rotatable bonds is 7. The van der Waals surface area contributed by atoms with Crippen molar-refractivity contribution in [2.24, 2.45) is 0 Å². The minimum atomic E-state index is 0. The van der Waals surface area contributed by atoms with E-state index in [1.54, 1.807) is 154 Å². The predicted molar refractivity (Wildman–Crippen MR) is 239 cm³/mol. The Bertz CT molecular complexity index is 1270. The quantitative estimate of drug-likeness (QED) is 0.192. The van der Waals surface area contributed by atoms with Crippen LogP contribution in [0.2, 0.25) is 0 Å². The molecule has 7 aliphatic carbocycles. The Morgan fingerprint density at radius 2 is 0.607 bits per heavy atom. The summed E-state index contributed by atoms with van der Waals surface area (Å²) in [5.74, 6) is 0. The average Bonchev–Trinajstić information content (AvgIpc) is 3.60. The first kappa shape index (κ1) is 47.2. The summed E-state index contributed by atoms with van der Waals surface area (Å²) in [5.41, 5.74) is 12.4. The van der Waals surface area contributed by atoms with Crippen LogP contribution in [0.15, 0.2) is 60.7 Å². The zero-order valence-electron chi connectivity index (χ0n) is 35.0. The molecule has 2 aromatic rings. The second-order valence-electron chi connectivity index (χ2n) is 18.4. The van der Waals surface area contributed by atoms with E-state index in [1.807, 2.05) is 0 Å². The van der Waals surface area contributed by atoms with E-state index < -0.39 is 0 Å². The number of hydrogen-bond donors (Lipinski definition) is 0. The van der Waals surface area contributed by atoms with Gasteiger partial charge in [0, 0.05) is 0 Å². The average molecular weight is 923 g/mol. The summed E-state index contributed by atoms with van der Waals surface area (Å²) in [6, 6.07) is 19.1. The molecule has 0 heterocycles. The maximum atomic E-state index is 2.71. The fourth-order valence-electron chi connectivity index (χ4n) is 12.1. The van der Waals surface area contributed by atoms with E-state index in [0.29, 0.717) is 15.8 Å². The molecule has 56 heavy (non-hydrogen) atoms. The van der Waals surface area contributed by atoms with Gasteiger partial charge in [-0.05, 0) is 111 Å². The van der Waals surface area contributed by atoms with Crippen LogP contribution in [-0.2, 0) is 17.9 Å². The monoisotopic (exact) mass is 922 g/mol. The third kappa shape index (κ3) is 13.3. The van der Waals surface area contributed by atoms with Crippen LogP contribution in [0.4, 0.5) is 0 Å². The fourth-order valence-corrected chi connectivity index (χ4v) is 22.1. The Balaban J connectivity index is 0.000000159. The van der Waals surface area contributed by atoms with E-state index in [2.05, 4.69) is 78.5 Å². The van der Waals surface area contributed by atoms with Crippen LogP contribution in [0.1, 0.15) is 209 Å². The standard InChI is InChI=1S/2C18H33P.C15H10.2ClH.Ru/c2*1-4-10-16(11-5-1)19(17-12-6-2-7-13-17)18-14-8-3-9-15-18;1-2-6-12(7-3-1)15-11-10-13-8-4-5-9-14(13)15;;;/h2*16-18H,1-15H2;1-9,11H;2*1H;/q;;;;;+1/p-2. The predicted octanol–water partition coefficient (Wildman–Crippen LogP) is 10.1. The Kier molecular flexibility index (Phi) is 21.7. The van der Waals surface area contributed by atoms with E-state index in [9.17, 15) is 0 Å². The summed E-state index contributed by atoms with van der Waals surface area (Å²) in [6.45, 7) is 0. The van der Waals surface area contributed by atoms with Crippen molar-refractivity contribution in [1.29, 1.82) is 0 Å². The molecule has 0 saturated heterocycles. The first-order valence-electron chi connectivity index (χ1n) is 23.7. The van der Waals surface area contributed by atoms with E-state index in [1.165, 1.54) is 98.8 Å². The molecular formula is C51H76Cl2P2Ru-. The summed E-state index contributed by atoms with van der Waals surface area (Å²) in [7, 11) is 0.770. The molecule has 0 aliphatic heterocycles. The van der Waals surface area contributed by atoms with E-state index in [0.717, 1.165) is 0 Å². The van der Waals surface area contributed by atoms with Gasteiger partial charge in [0.05, 0.1) is 0 Å². The number of benzene rings is 2. The van der Waals surface area contributed by atoms with Gasteiger partial charge in [0.1, 0.15) is 0 Å². The zero-order valence-corrected chi connectivity index (χ0v) is 40.0. The van der Waals surface area contributed by atoms with Crippen LogP contribution < -0.4 is 24.8 Å². The Hall–Kier alpha value is 0.113. The van der Waals surface area contributed by atoms with Crippen molar-refractivity contribution in [1.82, 2.24) is 0 Å². The molecule has 0 bridgehead atoms. The van der Waals surface area contributed by atoms with Crippen molar-refractivity contribution in [2.75, 3.05) is 0 Å². The van der Waals surface area contributed by atoms with Gasteiger partial charge >= 0.3 is 105 Å². The molecule has 0 radical (unpaired) electrons. The Labute approximate surface area is 369 Å². The van der Waals surface area contributed by atoms with E-state index in [-0.39, 0.29) is 24.8 Å². The van der Waals surface area contributed by atoms with Crippen LogP contribution in [0.5, 0.6) is 0 Å². The Morgan fingerprint density at radius 1 is 0.339 bits per heavy atom. The summed E-state index contributed by atoms with van der Waals surface area (Å²) in [6.07, 6.45) is 49.5. The number of halogens is 2. The molecule has 0 N–H and O–H groups in total. The first-order valence-corrected chi connectivity index (χ1v) is 27.7. The van der Waals surface area contributed by atoms with Crippen molar-refractivity contribution in [2.45, 2.75) is 227 Å². The number of hydrogen-bond acceptors (Lipinski definition) is 0. The number of fused-ring (bicyclic) bond motifs is 1. The third-order valence-electron chi connectivity index (χ3n) is 14.8. The van der Waals surface area contributed by atoms with Gasteiger partial charge in [-0.25, -0.2) is 0 Å². The van der Waals surface area contributed by atoms with Gasteiger partial charge in [0.2, 0.25) is 0 Å². The van der Waals surface area contributed by atoms with Crippen molar-refractivity contribution in [3.63, 3.8) is 0 Å². The molecule has 0 nitrogen and oxygen atoms in total. The molecule has 0 spiro atoms. The topological polar surface area (TPSA) is 0 Å². The third-order valence-corrected chi connectivity index (χ3v) is 23.7. The SMILES string of the molecule is C1CCC(P(C2CCCCC2)C2CCCCC2)CC1.C1CCC(P(C2CCCCC2)C2CCCCC2)CC1.[Cl-].[Cl-].[Ru+]=[C]1C=C(c2ccccc2)c2ccccc21. The summed E-state index contributed by atoms with van der Waals surface area (Å²) < 4.78 is 1.29. The van der Waals surface area contributed by atoms with E-state index in [4.69, 9.17) is 0 Å². The normalized spacial score (nSPS) is 23.5. The van der Waals surface area contributed by atoms with Crippen LogP contribution in [-0.4, -0.2) is 38.1 Å². The summed E-state index contributed by atoms with van der Waals surface area (Å²) in [4.78, 5) is 0. The minimum absolute atomic E-state index is 0. The zero-order chi connectivity index (χ0) is 36.8. The molecule has 6 saturated carbocycles. The van der Waals surface area contributed by atoms with Gasteiger partial charge < -0.3 is 24.8 Å². The molecule has 0 atom stereocenters. The molecule has 6 fully saturated rings. The summed E-state index contributed by atoms with van der Waals surface area (Å²) >= 11 is 2.71.